The molecule has 29 heavy (non-hydrogen) atoms. The predicted molar refractivity (Wildman–Crippen MR) is 113 cm³/mol. The molecule has 0 fully saturated rings. The Hall–Kier alpha value is -2.83. The number of carbonyl (C=O) groups is 1. The van der Waals surface area contributed by atoms with E-state index < -0.39 is 0 Å². The van der Waals surface area contributed by atoms with Crippen molar-refractivity contribution in [3.63, 3.8) is 0 Å². The second-order valence-electron chi connectivity index (χ2n) is 7.38. The molecule has 1 atom stereocenters. The first-order chi connectivity index (χ1) is 14.1. The van der Waals surface area contributed by atoms with Crippen molar-refractivity contribution in [2.24, 2.45) is 0 Å². The highest BCUT2D eigenvalue weighted by Crippen LogP contribution is 2.24. The number of carbonyl (C=O) groups excluding carboxylic acids is 1. The molecule has 152 valence electrons. The SMILES string of the molecule is Cc1ccnc([C@H](C)N(CCCCC(=O)NO)Cc2nccc3ccccc23)c1. The standard InChI is InChI=1S/C23H28N4O2/c1-17-10-12-24-21(15-17)18(2)27(14-6-5-9-23(28)26-29)16-22-20-8-4-3-7-19(20)11-13-25-22/h3-4,7-8,10-13,15,18,29H,5-6,9,14,16H2,1-2H3,(H,26,28)/t18-/m0/s1. The van der Waals surface area contributed by atoms with Gasteiger partial charge in [0.1, 0.15) is 0 Å². The number of hydrogen-bond donors (Lipinski definition) is 2. The van der Waals surface area contributed by atoms with E-state index >= 15 is 0 Å². The van der Waals surface area contributed by atoms with Crippen molar-refractivity contribution in [2.45, 2.75) is 45.7 Å². The molecule has 0 bridgehead atoms. The molecule has 0 aliphatic rings. The minimum atomic E-state index is -0.347. The number of hydroxylamine groups is 1. The van der Waals surface area contributed by atoms with Gasteiger partial charge in [0.05, 0.1) is 11.4 Å². The summed E-state index contributed by atoms with van der Waals surface area (Å²) in [6.07, 6.45) is 5.57. The predicted octanol–water partition coefficient (Wildman–Crippen LogP) is 4.18. The number of pyridine rings is 2. The number of unbranched alkanes of at least 4 members (excludes halogenated alkanes) is 1. The normalized spacial score (nSPS) is 12.3. The highest BCUT2D eigenvalue weighted by molar-refractivity contribution is 5.84. The maximum atomic E-state index is 11.3. The van der Waals surface area contributed by atoms with Crippen molar-refractivity contribution in [1.82, 2.24) is 20.3 Å². The van der Waals surface area contributed by atoms with Gasteiger partial charge >= 0.3 is 0 Å². The average molecular weight is 393 g/mol. The lowest BCUT2D eigenvalue weighted by atomic mass is 10.1. The molecular formula is C23H28N4O2. The van der Waals surface area contributed by atoms with Crippen molar-refractivity contribution >= 4 is 16.7 Å². The number of aryl methyl sites for hydroxylation is 1. The minimum absolute atomic E-state index is 0.113. The molecule has 6 nitrogen and oxygen atoms in total. The van der Waals surface area contributed by atoms with E-state index in [0.717, 1.165) is 29.7 Å². The summed E-state index contributed by atoms with van der Waals surface area (Å²) in [5.41, 5.74) is 4.94. The number of amides is 1. The third kappa shape index (κ3) is 5.59. The van der Waals surface area contributed by atoms with Crippen LogP contribution in [0.4, 0.5) is 0 Å². The summed E-state index contributed by atoms with van der Waals surface area (Å²) in [6.45, 7) is 5.74. The molecule has 1 aromatic carbocycles. The third-order valence-electron chi connectivity index (χ3n) is 5.25. The Morgan fingerprint density at radius 2 is 1.93 bits per heavy atom. The summed E-state index contributed by atoms with van der Waals surface area (Å²) in [4.78, 5) is 22.9. The first kappa shape index (κ1) is 20.9. The molecule has 2 aromatic heterocycles. The molecule has 1 amide bonds. The topological polar surface area (TPSA) is 78.4 Å². The number of aromatic nitrogens is 2. The Balaban J connectivity index is 1.80. The Kier molecular flexibility index (Phi) is 7.27. The highest BCUT2D eigenvalue weighted by atomic mass is 16.5. The van der Waals surface area contributed by atoms with E-state index in [1.807, 2.05) is 36.7 Å². The number of hydrogen-bond acceptors (Lipinski definition) is 5. The fraction of sp³-hybridized carbons (Fsp3) is 0.348. The van der Waals surface area contributed by atoms with Crippen LogP contribution in [0.1, 0.15) is 49.2 Å². The van der Waals surface area contributed by atoms with Gasteiger partial charge in [-0.3, -0.25) is 24.9 Å². The van der Waals surface area contributed by atoms with Crippen LogP contribution >= 0.6 is 0 Å². The molecule has 0 saturated heterocycles. The van der Waals surface area contributed by atoms with E-state index in [1.54, 1.807) is 5.48 Å². The molecule has 2 heterocycles. The van der Waals surface area contributed by atoms with Gasteiger partial charge in [-0.25, -0.2) is 5.48 Å². The Bertz CT molecular complexity index is 955. The Morgan fingerprint density at radius 3 is 2.72 bits per heavy atom. The zero-order valence-electron chi connectivity index (χ0n) is 17.0. The van der Waals surface area contributed by atoms with Gasteiger partial charge in [-0.1, -0.05) is 24.3 Å². The van der Waals surface area contributed by atoms with E-state index in [-0.39, 0.29) is 11.9 Å². The lowest BCUT2D eigenvalue weighted by molar-refractivity contribution is -0.129. The monoisotopic (exact) mass is 392 g/mol. The molecule has 0 aliphatic carbocycles. The molecule has 3 aromatic rings. The largest absolute Gasteiger partial charge is 0.289 e. The maximum Gasteiger partial charge on any atom is 0.243 e. The van der Waals surface area contributed by atoms with Crippen LogP contribution in [-0.4, -0.2) is 32.5 Å². The van der Waals surface area contributed by atoms with Crippen molar-refractivity contribution in [3.05, 3.63) is 71.8 Å². The van der Waals surface area contributed by atoms with E-state index in [1.165, 1.54) is 10.9 Å². The Labute approximate surface area is 171 Å². The lowest BCUT2D eigenvalue weighted by Crippen LogP contribution is -2.29. The minimum Gasteiger partial charge on any atom is -0.289 e. The summed E-state index contributed by atoms with van der Waals surface area (Å²) in [5, 5.41) is 11.0. The molecule has 0 saturated carbocycles. The van der Waals surface area contributed by atoms with E-state index in [4.69, 9.17) is 5.21 Å². The third-order valence-corrected chi connectivity index (χ3v) is 5.25. The van der Waals surface area contributed by atoms with Gasteiger partial charge in [0.25, 0.3) is 0 Å². The average Bonchev–Trinajstić information content (AvgIpc) is 2.75. The number of benzene rings is 1. The number of nitrogens with one attached hydrogen (secondary N) is 1. The van der Waals surface area contributed by atoms with Crippen LogP contribution in [0.5, 0.6) is 0 Å². The molecule has 0 spiro atoms. The smallest absolute Gasteiger partial charge is 0.243 e. The first-order valence-corrected chi connectivity index (χ1v) is 10.0. The Morgan fingerprint density at radius 1 is 1.14 bits per heavy atom. The fourth-order valence-electron chi connectivity index (χ4n) is 3.54. The number of nitrogens with zero attached hydrogens (tertiary/aromatic N) is 3. The van der Waals surface area contributed by atoms with Crippen LogP contribution in [0.2, 0.25) is 0 Å². The lowest BCUT2D eigenvalue weighted by Gasteiger charge is -2.29. The molecular weight excluding hydrogens is 364 g/mol. The van der Waals surface area contributed by atoms with E-state index in [2.05, 4.69) is 46.9 Å². The van der Waals surface area contributed by atoms with Gasteiger partial charge in [0, 0.05) is 36.8 Å². The molecule has 6 heteroatoms. The van der Waals surface area contributed by atoms with Gasteiger partial charge in [0.2, 0.25) is 5.91 Å². The van der Waals surface area contributed by atoms with Crippen molar-refractivity contribution in [3.8, 4) is 0 Å². The van der Waals surface area contributed by atoms with Crippen LogP contribution in [0.15, 0.2) is 54.9 Å². The van der Waals surface area contributed by atoms with Crippen LogP contribution < -0.4 is 5.48 Å². The van der Waals surface area contributed by atoms with Crippen LogP contribution in [0.3, 0.4) is 0 Å². The van der Waals surface area contributed by atoms with Gasteiger partial charge in [-0.2, -0.15) is 0 Å². The van der Waals surface area contributed by atoms with Crippen LogP contribution in [0, 0.1) is 6.92 Å². The number of rotatable bonds is 9. The second kappa shape index (κ2) is 10.1. The van der Waals surface area contributed by atoms with E-state index in [0.29, 0.717) is 19.4 Å². The first-order valence-electron chi connectivity index (χ1n) is 10.0. The van der Waals surface area contributed by atoms with Crippen LogP contribution in [-0.2, 0) is 11.3 Å². The van der Waals surface area contributed by atoms with Gasteiger partial charge in [-0.05, 0) is 62.4 Å². The quantitative estimate of drug-likeness (QED) is 0.324. The van der Waals surface area contributed by atoms with Crippen molar-refractivity contribution in [2.75, 3.05) is 6.54 Å². The molecule has 3 rings (SSSR count). The van der Waals surface area contributed by atoms with Crippen molar-refractivity contribution < 1.29 is 10.0 Å². The fourth-order valence-corrected chi connectivity index (χ4v) is 3.54. The van der Waals surface area contributed by atoms with Crippen molar-refractivity contribution in [1.29, 1.82) is 0 Å². The molecule has 0 unspecified atom stereocenters. The summed E-state index contributed by atoms with van der Waals surface area (Å²) in [6, 6.07) is 14.5. The summed E-state index contributed by atoms with van der Waals surface area (Å²) in [7, 11) is 0. The second-order valence-corrected chi connectivity index (χ2v) is 7.38. The zero-order valence-corrected chi connectivity index (χ0v) is 17.0. The van der Waals surface area contributed by atoms with E-state index in [9.17, 15) is 4.79 Å². The van der Waals surface area contributed by atoms with Gasteiger partial charge in [0.15, 0.2) is 0 Å². The van der Waals surface area contributed by atoms with Gasteiger partial charge in [-0.15, -0.1) is 0 Å². The maximum absolute atomic E-state index is 11.3. The van der Waals surface area contributed by atoms with Gasteiger partial charge < -0.3 is 0 Å². The summed E-state index contributed by atoms with van der Waals surface area (Å²) in [5.74, 6) is -0.347. The number of fused-ring (bicyclic) bond motifs is 1. The highest BCUT2D eigenvalue weighted by Gasteiger charge is 2.19. The zero-order chi connectivity index (χ0) is 20.6. The molecule has 2 N–H and O–H groups in total. The summed E-state index contributed by atoms with van der Waals surface area (Å²) >= 11 is 0. The summed E-state index contributed by atoms with van der Waals surface area (Å²) < 4.78 is 0. The molecule has 0 aliphatic heterocycles. The molecule has 0 radical (unpaired) electrons. The van der Waals surface area contributed by atoms with Crippen LogP contribution in [0.25, 0.3) is 10.8 Å².